The van der Waals surface area contributed by atoms with Crippen LogP contribution in [0.15, 0.2) is 67.0 Å². The summed E-state index contributed by atoms with van der Waals surface area (Å²) in [7, 11) is 3.09. The number of unbranched alkanes of at least 4 members (excludes halogenated alkanes) is 1. The molecule has 0 saturated carbocycles. The fraction of sp³-hybridized carbons (Fsp3) is 0.306. The molecule has 18 heteroatoms. The molecule has 286 valence electrons. The lowest BCUT2D eigenvalue weighted by molar-refractivity contribution is -0.146. The van der Waals surface area contributed by atoms with Crippen LogP contribution in [-0.4, -0.2) is 90.9 Å². The van der Waals surface area contributed by atoms with Crippen LogP contribution in [0.1, 0.15) is 44.7 Å². The summed E-state index contributed by atoms with van der Waals surface area (Å²) in [5.41, 5.74) is 7.41. The zero-order chi connectivity index (χ0) is 39.0. The molecule has 0 fully saturated rings. The molecule has 6 N–H and O–H groups in total. The Morgan fingerprint density at radius 2 is 1.37 bits per heavy atom. The van der Waals surface area contributed by atoms with Crippen molar-refractivity contribution in [2.75, 3.05) is 33.9 Å². The Morgan fingerprint density at radius 1 is 0.815 bits per heavy atom. The van der Waals surface area contributed by atoms with Crippen molar-refractivity contribution >= 4 is 73.0 Å². The van der Waals surface area contributed by atoms with Gasteiger partial charge >= 0.3 is 18.0 Å². The van der Waals surface area contributed by atoms with Crippen LogP contribution < -0.4 is 31.2 Å². The van der Waals surface area contributed by atoms with Gasteiger partial charge in [-0.1, -0.05) is 43.7 Å². The van der Waals surface area contributed by atoms with E-state index >= 15 is 0 Å². The average Bonchev–Trinajstić information content (AvgIpc) is 3.83. The number of methoxy groups -OCH3 is 2. The largest absolute Gasteiger partial charge is 0.495 e. The standard InChI is InChI=1S/C24H27N3O6S.C12H13N3O4S/c1-3-4-12-32-23(29)18(27-24(30)33-15-16-8-6-5-7-9-16)14-26-22(28)20-13-17-21(34-20)19(31-2)10-11-25-17;1-19-8-2-3-14-7-4-9(20-10(7)8)11(16)15-5-6(13)12(17)18/h5-11,13,18H,3-4,12,14-15H2,1-2H3,(H,26,28)(H,27,30);2-4,6H,5,13H2,1H3,(H,15,16)(H,17,18)/t18-;6-/m11/s1. The minimum Gasteiger partial charge on any atom is -0.495 e. The molecule has 0 unspecified atom stereocenters. The normalized spacial score (nSPS) is 11.7. The first-order chi connectivity index (χ1) is 26.0. The third-order valence-electron chi connectivity index (χ3n) is 7.44. The molecule has 0 aliphatic heterocycles. The number of hydrogen-bond acceptors (Lipinski definition) is 14. The zero-order valence-corrected chi connectivity index (χ0v) is 31.3. The summed E-state index contributed by atoms with van der Waals surface area (Å²) in [5, 5.41) is 16.3. The molecule has 0 radical (unpaired) electrons. The Bertz CT molecular complexity index is 2060. The van der Waals surface area contributed by atoms with Gasteiger partial charge in [-0.15, -0.1) is 22.7 Å². The first kappa shape index (κ1) is 40.9. The number of fused-ring (bicyclic) bond motifs is 2. The number of aliphatic carboxylic acids is 1. The Labute approximate surface area is 318 Å². The molecule has 16 nitrogen and oxygen atoms in total. The van der Waals surface area contributed by atoms with Gasteiger partial charge in [0.2, 0.25) is 0 Å². The zero-order valence-electron chi connectivity index (χ0n) is 29.7. The maximum Gasteiger partial charge on any atom is 0.408 e. The maximum atomic E-state index is 12.7. The molecule has 4 heterocycles. The van der Waals surface area contributed by atoms with Gasteiger partial charge in [0, 0.05) is 25.5 Å². The van der Waals surface area contributed by atoms with Crippen molar-refractivity contribution in [1.82, 2.24) is 25.9 Å². The van der Waals surface area contributed by atoms with Crippen molar-refractivity contribution in [3.63, 3.8) is 0 Å². The minimum absolute atomic E-state index is 0.0489. The van der Waals surface area contributed by atoms with Gasteiger partial charge in [0.05, 0.1) is 51.0 Å². The topological polar surface area (TPSA) is 230 Å². The van der Waals surface area contributed by atoms with E-state index in [0.29, 0.717) is 38.7 Å². The monoisotopic (exact) mass is 780 g/mol. The number of nitrogens with zero attached hydrogens (tertiary/aromatic N) is 2. The summed E-state index contributed by atoms with van der Waals surface area (Å²) in [6.07, 6.45) is 3.95. The van der Waals surface area contributed by atoms with Crippen molar-refractivity contribution in [3.8, 4) is 11.5 Å². The lowest BCUT2D eigenvalue weighted by atomic mass is 10.2. The summed E-state index contributed by atoms with van der Waals surface area (Å²) in [6, 6.07) is 13.6. The number of hydrogen-bond donors (Lipinski definition) is 5. The number of amides is 3. The number of nitrogens with one attached hydrogen (secondary N) is 3. The van der Waals surface area contributed by atoms with E-state index in [-0.39, 0.29) is 32.2 Å². The summed E-state index contributed by atoms with van der Waals surface area (Å²) in [4.78, 5) is 69.3. The summed E-state index contributed by atoms with van der Waals surface area (Å²) in [6.45, 7) is 1.95. The Balaban J connectivity index is 0.000000276. The van der Waals surface area contributed by atoms with Crippen LogP contribution in [-0.2, 0) is 25.7 Å². The molecule has 5 rings (SSSR count). The predicted octanol–water partition coefficient (Wildman–Crippen LogP) is 4.12. The number of rotatable bonds is 16. The Hall–Kier alpha value is -5.85. The number of carbonyl (C=O) groups excluding carboxylic acids is 4. The number of carbonyl (C=O) groups is 5. The van der Waals surface area contributed by atoms with Crippen LogP contribution in [0.2, 0.25) is 0 Å². The first-order valence-electron chi connectivity index (χ1n) is 16.6. The summed E-state index contributed by atoms with van der Waals surface area (Å²) in [5.74, 6) is -1.34. The molecule has 5 aromatic rings. The molecule has 54 heavy (non-hydrogen) atoms. The summed E-state index contributed by atoms with van der Waals surface area (Å²) < 4.78 is 22.5. The molecule has 0 bridgehead atoms. The van der Waals surface area contributed by atoms with Crippen LogP contribution >= 0.6 is 22.7 Å². The van der Waals surface area contributed by atoms with Crippen molar-refractivity contribution in [1.29, 1.82) is 0 Å². The molecule has 2 atom stereocenters. The van der Waals surface area contributed by atoms with Gasteiger partial charge in [-0.2, -0.15) is 0 Å². The van der Waals surface area contributed by atoms with E-state index in [2.05, 4.69) is 25.9 Å². The second-order valence-electron chi connectivity index (χ2n) is 11.3. The van der Waals surface area contributed by atoms with Crippen LogP contribution in [0.3, 0.4) is 0 Å². The maximum absolute atomic E-state index is 12.7. The number of ether oxygens (including phenoxy) is 4. The lowest BCUT2D eigenvalue weighted by Gasteiger charge is -2.18. The van der Waals surface area contributed by atoms with E-state index in [9.17, 15) is 24.0 Å². The molecule has 4 aromatic heterocycles. The van der Waals surface area contributed by atoms with Crippen LogP contribution in [0.5, 0.6) is 11.5 Å². The van der Waals surface area contributed by atoms with Gasteiger partial charge in [0.1, 0.15) is 30.2 Å². The lowest BCUT2D eigenvalue weighted by Crippen LogP contribution is -2.49. The smallest absolute Gasteiger partial charge is 0.408 e. The highest BCUT2D eigenvalue weighted by Crippen LogP contribution is 2.33. The second kappa shape index (κ2) is 20.4. The van der Waals surface area contributed by atoms with E-state index in [0.717, 1.165) is 21.4 Å². The number of alkyl carbamates (subject to hydrolysis) is 1. The van der Waals surface area contributed by atoms with Gasteiger partial charge in [0.25, 0.3) is 11.8 Å². The minimum atomic E-state index is -1.16. The number of carboxylic acid groups (broad SMARTS) is 1. The van der Waals surface area contributed by atoms with Gasteiger partial charge in [-0.25, -0.2) is 9.59 Å². The van der Waals surface area contributed by atoms with Crippen LogP contribution in [0, 0.1) is 0 Å². The van der Waals surface area contributed by atoms with Crippen molar-refractivity contribution in [2.24, 2.45) is 5.73 Å². The van der Waals surface area contributed by atoms with Gasteiger partial charge in [-0.05, 0) is 36.2 Å². The van der Waals surface area contributed by atoms with E-state index in [4.69, 9.17) is 29.8 Å². The van der Waals surface area contributed by atoms with E-state index in [1.165, 1.54) is 22.7 Å². The van der Waals surface area contributed by atoms with Crippen molar-refractivity contribution < 1.29 is 48.0 Å². The number of pyridine rings is 2. The number of esters is 1. The third-order valence-corrected chi connectivity index (χ3v) is 9.71. The fourth-order valence-electron chi connectivity index (χ4n) is 4.55. The molecule has 3 amide bonds. The third kappa shape index (κ3) is 11.6. The van der Waals surface area contributed by atoms with Crippen molar-refractivity contribution in [3.05, 3.63) is 82.3 Å². The Kier molecular flexibility index (Phi) is 15.5. The number of aromatic nitrogens is 2. The Morgan fingerprint density at radius 3 is 1.89 bits per heavy atom. The number of benzene rings is 1. The van der Waals surface area contributed by atoms with E-state index < -0.39 is 36.0 Å². The van der Waals surface area contributed by atoms with E-state index in [1.807, 2.05) is 37.3 Å². The highest BCUT2D eigenvalue weighted by Gasteiger charge is 2.25. The number of thiophene rings is 2. The number of nitrogens with two attached hydrogens (primary N) is 1. The predicted molar refractivity (Wildman–Crippen MR) is 202 cm³/mol. The van der Waals surface area contributed by atoms with Gasteiger partial charge < -0.3 is 45.7 Å². The summed E-state index contributed by atoms with van der Waals surface area (Å²) >= 11 is 2.45. The molecule has 0 aliphatic carbocycles. The van der Waals surface area contributed by atoms with Gasteiger partial charge in [-0.3, -0.25) is 24.4 Å². The molecular formula is C36H40N6O10S2. The molecule has 0 spiro atoms. The van der Waals surface area contributed by atoms with Crippen LogP contribution in [0.25, 0.3) is 20.4 Å². The molecular weight excluding hydrogens is 741 g/mol. The highest BCUT2D eigenvalue weighted by molar-refractivity contribution is 7.21. The van der Waals surface area contributed by atoms with Gasteiger partial charge in [0.15, 0.2) is 0 Å². The number of carboxylic acids is 1. The molecule has 0 aliphatic rings. The molecule has 1 aromatic carbocycles. The fourth-order valence-corrected chi connectivity index (χ4v) is 6.60. The average molecular weight is 781 g/mol. The second-order valence-corrected chi connectivity index (χ2v) is 13.4. The van der Waals surface area contributed by atoms with Crippen LogP contribution in [0.4, 0.5) is 4.79 Å². The first-order valence-corrected chi connectivity index (χ1v) is 18.2. The SMILES string of the molecule is CCCCOC(=O)[C@@H](CNC(=O)c1cc2nccc(OC)c2s1)NC(=O)OCc1ccccc1.COc1ccnc2cc(C(=O)NC[C@@H](N)C(=O)O)sc12. The van der Waals surface area contributed by atoms with E-state index in [1.54, 1.807) is 50.9 Å². The molecule has 0 saturated heterocycles. The highest BCUT2D eigenvalue weighted by atomic mass is 32.1. The quantitative estimate of drug-likeness (QED) is 0.0702. The van der Waals surface area contributed by atoms with Crippen molar-refractivity contribution in [2.45, 2.75) is 38.5 Å².